The number of imidazole rings is 3. The van der Waals surface area contributed by atoms with E-state index in [9.17, 15) is 47.9 Å². The van der Waals surface area contributed by atoms with Crippen LogP contribution in [0.1, 0.15) is 170 Å². The Bertz CT molecular complexity index is 4780. The summed E-state index contributed by atoms with van der Waals surface area (Å²) in [5, 5.41) is 35.0. The summed E-state index contributed by atoms with van der Waals surface area (Å²) in [6, 6.07) is 10.1. The number of anilines is 4. The molecule has 8 aromatic rings. The number of rotatable bonds is 51. The first-order chi connectivity index (χ1) is 56.8. The molecule has 1 aliphatic rings. The van der Waals surface area contributed by atoms with Crippen LogP contribution >= 0.6 is 22.9 Å². The quantitative estimate of drug-likeness (QED) is 0.0192. The van der Waals surface area contributed by atoms with Crippen molar-refractivity contribution in [3.8, 4) is 5.00 Å². The predicted molar refractivity (Wildman–Crippen MR) is 440 cm³/mol. The van der Waals surface area contributed by atoms with Crippen LogP contribution in [-0.2, 0) is 87.6 Å². The van der Waals surface area contributed by atoms with E-state index in [1.165, 1.54) is 60.1 Å². The smallest absolute Gasteiger partial charge is 0.291 e. The van der Waals surface area contributed by atoms with Gasteiger partial charge >= 0.3 is 0 Å². The Morgan fingerprint density at radius 1 is 0.492 bits per heavy atom. The molecule has 9 rings (SSSR count). The number of Topliss-reactive ketones (excluding diaryl/α,β-unsaturated/α-hetero) is 1. The summed E-state index contributed by atoms with van der Waals surface area (Å²) >= 11 is 7.92. The number of nitrogens with zero attached hydrogens (tertiary/aromatic N) is 12. The van der Waals surface area contributed by atoms with Crippen molar-refractivity contribution in [3.05, 3.63) is 141 Å². The largest absolute Gasteiger partial charge is 0.379 e. The number of aromatic nitrogens is 11. The third-order valence-corrected chi connectivity index (χ3v) is 20.3. The van der Waals surface area contributed by atoms with Crippen molar-refractivity contribution in [2.24, 2.45) is 46.1 Å². The van der Waals surface area contributed by atoms with Gasteiger partial charge in [-0.15, -0.1) is 21.5 Å². The monoisotopic (exact) mass is 1670 g/mol. The van der Waals surface area contributed by atoms with Gasteiger partial charge in [0.15, 0.2) is 23.3 Å². The Hall–Kier alpha value is -11.1. The molecule has 0 bridgehead atoms. The third-order valence-electron chi connectivity index (χ3n) is 18.9. The molecule has 0 fully saturated rings. The molecule has 0 radical (unpaired) electrons. The Kier molecular flexibility index (Phi) is 35.5. The molecule has 39 heteroatoms. The number of carbonyl (C=O) groups excluding carboxylic acids is 10. The number of fused-ring (bicyclic) bond motifs is 3. The first-order valence-corrected chi connectivity index (χ1v) is 40.3. The van der Waals surface area contributed by atoms with Gasteiger partial charge in [-0.05, 0) is 88.6 Å². The molecule has 8 heterocycles. The number of hydrogen-bond acceptors (Lipinski definition) is 23. The normalized spacial score (nSPS) is 12.6. The highest BCUT2D eigenvalue weighted by Gasteiger charge is 2.33. The lowest BCUT2D eigenvalue weighted by molar-refractivity contribution is -0.122. The molecule has 2 atom stereocenters. The van der Waals surface area contributed by atoms with Gasteiger partial charge in [0.1, 0.15) is 34.0 Å². The minimum absolute atomic E-state index is 0.00332. The summed E-state index contributed by atoms with van der Waals surface area (Å²) in [6.07, 6.45) is 13.6. The van der Waals surface area contributed by atoms with E-state index in [0.29, 0.717) is 121 Å². The van der Waals surface area contributed by atoms with Crippen LogP contribution in [0.4, 0.5) is 23.0 Å². The second kappa shape index (κ2) is 46.1. The van der Waals surface area contributed by atoms with Crippen molar-refractivity contribution >= 4 is 111 Å². The van der Waals surface area contributed by atoms with Crippen LogP contribution < -0.4 is 47.9 Å². The number of thiophene rings is 1. The molecule has 7 aromatic heterocycles. The lowest BCUT2D eigenvalue weighted by Crippen LogP contribution is -2.32. The minimum atomic E-state index is -0.638. The van der Waals surface area contributed by atoms with Gasteiger partial charge in [0.25, 0.3) is 29.5 Å². The number of ether oxygens (including phenoxy) is 6. The maximum Gasteiger partial charge on any atom is 0.291 e. The number of hydrogen-bond donors (Lipinski definition) is 9. The van der Waals surface area contributed by atoms with Gasteiger partial charge in [-0.3, -0.25) is 57.5 Å². The van der Waals surface area contributed by atoms with Gasteiger partial charge in [0, 0.05) is 171 Å². The highest BCUT2D eigenvalue weighted by atomic mass is 35.5. The first-order valence-electron chi connectivity index (χ1n) is 39.1. The Balaban J connectivity index is 0.510. The van der Waals surface area contributed by atoms with Crippen LogP contribution in [0.25, 0.3) is 5.00 Å². The molecule has 118 heavy (non-hydrogen) atoms. The van der Waals surface area contributed by atoms with E-state index in [2.05, 4.69) is 93.8 Å². The molecule has 37 nitrogen and oxygen atoms in total. The minimum Gasteiger partial charge on any atom is -0.379 e. The molecular weight excluding hydrogens is 1570 g/mol. The zero-order chi connectivity index (χ0) is 84.6. The lowest BCUT2D eigenvalue weighted by atomic mass is 9.99. The lowest BCUT2D eigenvalue weighted by Gasteiger charge is -2.12. The fourth-order valence-corrected chi connectivity index (χ4v) is 13.9. The van der Waals surface area contributed by atoms with Crippen LogP contribution in [0, 0.1) is 26.7 Å². The van der Waals surface area contributed by atoms with Gasteiger partial charge < -0.3 is 99.1 Å². The van der Waals surface area contributed by atoms with Gasteiger partial charge in [0.05, 0.1) is 89.8 Å². The number of carbonyl (C=O) groups is 10. The molecule has 0 saturated carbocycles. The van der Waals surface area contributed by atoms with Crippen LogP contribution in [0.3, 0.4) is 0 Å². The molecule has 0 aliphatic carbocycles. The molecular formula is C79H106ClN21O16S. The molecule has 9 N–H and O–H groups in total. The number of amides is 9. The maximum absolute atomic E-state index is 13.4. The molecule has 0 saturated heterocycles. The highest BCUT2D eigenvalue weighted by Crippen LogP contribution is 2.40. The molecule has 0 spiro atoms. The zero-order valence-corrected chi connectivity index (χ0v) is 69.6. The van der Waals surface area contributed by atoms with Crippen LogP contribution in [0.15, 0.2) is 78.6 Å². The van der Waals surface area contributed by atoms with Gasteiger partial charge in [0.2, 0.25) is 35.3 Å². The van der Waals surface area contributed by atoms with Crippen molar-refractivity contribution in [2.75, 3.05) is 133 Å². The molecule has 1 aliphatic heterocycles. The van der Waals surface area contributed by atoms with Crippen molar-refractivity contribution in [1.82, 2.24) is 79.1 Å². The number of aliphatic imine (C=N–C) groups is 1. The van der Waals surface area contributed by atoms with Crippen LogP contribution in [-0.4, -0.2) is 229 Å². The fourth-order valence-electron chi connectivity index (χ4n) is 12.6. The molecule has 1 unspecified atom stereocenters. The first kappa shape index (κ1) is 90.8. The van der Waals surface area contributed by atoms with Gasteiger partial charge in [-0.2, -0.15) is 0 Å². The topological polar surface area (TPSA) is 441 Å². The number of benzene rings is 1. The van der Waals surface area contributed by atoms with E-state index in [-0.39, 0.29) is 122 Å². The number of ketones is 1. The summed E-state index contributed by atoms with van der Waals surface area (Å²) in [7, 11) is 8.06. The summed E-state index contributed by atoms with van der Waals surface area (Å²) in [5.41, 5.74) is 4.96. The summed E-state index contributed by atoms with van der Waals surface area (Å²) in [6.45, 7) is 13.9. The van der Waals surface area contributed by atoms with E-state index < -0.39 is 47.4 Å². The Morgan fingerprint density at radius 3 is 1.48 bits per heavy atom. The van der Waals surface area contributed by atoms with E-state index in [4.69, 9.17) is 45.0 Å². The molecule has 9 amide bonds. The average molecular weight is 1670 g/mol. The number of aryl methyl sites for hydroxylation is 7. The van der Waals surface area contributed by atoms with Crippen molar-refractivity contribution in [2.45, 2.75) is 104 Å². The van der Waals surface area contributed by atoms with Crippen molar-refractivity contribution in [1.29, 1.82) is 0 Å². The summed E-state index contributed by atoms with van der Waals surface area (Å²) < 4.78 is 43.1. The average Bonchev–Trinajstić information content (AvgIpc) is 1.59. The summed E-state index contributed by atoms with van der Waals surface area (Å²) in [4.78, 5) is 148. The molecule has 1 aromatic carbocycles. The molecule has 636 valence electrons. The second-order valence-electron chi connectivity index (χ2n) is 28.2. The maximum atomic E-state index is 13.4. The number of nitrogens with one attached hydrogen (secondary N) is 9. The van der Waals surface area contributed by atoms with E-state index in [1.54, 1.807) is 63.5 Å². The van der Waals surface area contributed by atoms with Crippen LogP contribution in [0.2, 0.25) is 5.02 Å². The predicted octanol–water partition coefficient (Wildman–Crippen LogP) is 6.18. The summed E-state index contributed by atoms with van der Waals surface area (Å²) in [5.74, 6) is -1.74. The fraction of sp³-hybridized carbons (Fsp3) is 0.494. The standard InChI is InChI=1S/C79H106ClN21O16S/c1-50(14-11-25-82-65(104)23-32-113-34-36-115-38-40-117-42-41-116-39-37-114-35-33-112-31-12-15-58(102)45-59-70-95-94-53(4)101(70)79-68(51(2)52(3)118-79)69(89-59)54-16-18-55(80)19-17-54)13-10-24-81-64(103)20-26-86-76(109)72-92-62(48-99(72)8)90-66(105)21-27-85-75(108)61-44-57(47-98(61)7)88-78(111)73-93-63(49-100(73)9)91-67(106)22-28-84-74(107)60-43-56(46-97(60)6)87-77(110)71-83-29-30-96(71)5/h16-19,29-30,43-44,46-50,59H,10-15,20-28,31-42,45H2,1-9H3,(H,81,103)(H,82,104)(H,84,107)(H,85,108)(H,86,109)(H,87,110)(H,88,111)(H,90,105)(H,91,106)/t50?,59-/m0/s1. The van der Waals surface area contributed by atoms with Gasteiger partial charge in [-0.25, -0.2) is 15.0 Å². The zero-order valence-electron chi connectivity index (χ0n) is 68.1. The number of halogens is 1. The second-order valence-corrected chi connectivity index (χ2v) is 29.9. The van der Waals surface area contributed by atoms with E-state index >= 15 is 0 Å². The van der Waals surface area contributed by atoms with Crippen LogP contribution in [0.5, 0.6) is 0 Å². The van der Waals surface area contributed by atoms with E-state index in [1.807, 2.05) is 35.8 Å². The van der Waals surface area contributed by atoms with Crippen molar-refractivity contribution < 1.29 is 76.4 Å². The Morgan fingerprint density at radius 2 is 0.966 bits per heavy atom. The SMILES string of the molecule is Cc1sc2c(c1C)C(c1ccc(Cl)cc1)=N[C@@H](CC(=O)CCCOCCOCCOCCOCCOCCOCCC(=O)NCCCC(C)CCCNC(=O)CCNC(=O)c1nc(NC(=O)CCNC(=O)c3cc(NC(=O)c4nc(NC(=O)CCNC(=O)c5cc(NC(=O)c6nccn6C)cn5C)cn4C)cn3C)cn1C)c1nnc(C)n1-2. The van der Waals surface area contributed by atoms with E-state index in [0.717, 1.165) is 58.9 Å². The van der Waals surface area contributed by atoms with Crippen molar-refractivity contribution in [3.63, 3.8) is 0 Å². The van der Waals surface area contributed by atoms with Gasteiger partial charge in [-0.1, -0.05) is 30.7 Å². The highest BCUT2D eigenvalue weighted by molar-refractivity contribution is 7.15. The third kappa shape index (κ3) is 27.8. The Labute approximate surface area is 692 Å².